The quantitative estimate of drug-likeness (QED) is 0.826. The molecule has 2 aromatic rings. The topological polar surface area (TPSA) is 55.0 Å². The van der Waals surface area contributed by atoms with Crippen LogP contribution in [0.3, 0.4) is 0 Å². The minimum atomic E-state index is -0.407. The molecule has 0 fully saturated rings. The van der Waals surface area contributed by atoms with Crippen molar-refractivity contribution in [3.05, 3.63) is 40.7 Å². The lowest BCUT2D eigenvalue weighted by molar-refractivity contribution is 0.0595. The molecule has 0 unspecified atom stereocenters. The molecule has 0 aliphatic heterocycles. The summed E-state index contributed by atoms with van der Waals surface area (Å²) in [4.78, 5) is 18.6. The van der Waals surface area contributed by atoms with Gasteiger partial charge in [0, 0.05) is 5.56 Å². The molecule has 0 bridgehead atoms. The van der Waals surface area contributed by atoms with Gasteiger partial charge in [-0.2, -0.15) is 0 Å². The smallest absolute Gasteiger partial charge is 0.356 e. The second-order valence-corrected chi connectivity index (χ2v) is 4.39. The maximum atomic E-state index is 11.4. The van der Waals surface area contributed by atoms with Crippen LogP contribution in [0.15, 0.2) is 18.3 Å². The molecule has 1 aromatic carbocycles. The number of imidazole rings is 1. The molecule has 2 rings (SSSR count). The number of ether oxygens (including phenoxy) is 1. The third-order valence-electron chi connectivity index (χ3n) is 3.08. The normalized spacial score (nSPS) is 10.4. The van der Waals surface area contributed by atoms with Crippen LogP contribution < -0.4 is 0 Å². The summed E-state index contributed by atoms with van der Waals surface area (Å²) in [5.41, 5.74) is 4.95. The molecule has 1 N–H and O–H groups in total. The highest BCUT2D eigenvalue weighted by Crippen LogP contribution is 2.24. The molecule has 1 aromatic heterocycles. The molecule has 0 aliphatic carbocycles. The summed E-state index contributed by atoms with van der Waals surface area (Å²) < 4.78 is 4.65. The van der Waals surface area contributed by atoms with Crippen molar-refractivity contribution < 1.29 is 9.53 Å². The average Bonchev–Trinajstić information content (AvgIpc) is 2.82. The van der Waals surface area contributed by atoms with Crippen LogP contribution in [0.1, 0.15) is 27.2 Å². The van der Waals surface area contributed by atoms with Gasteiger partial charge in [-0.1, -0.05) is 6.07 Å². The van der Waals surface area contributed by atoms with Crippen LogP contribution in [0, 0.1) is 20.8 Å². The lowest BCUT2D eigenvalue weighted by Crippen LogP contribution is -2.01. The molecule has 1 heterocycles. The van der Waals surface area contributed by atoms with E-state index < -0.39 is 5.97 Å². The Morgan fingerprint density at radius 1 is 1.17 bits per heavy atom. The molecule has 18 heavy (non-hydrogen) atoms. The zero-order valence-electron chi connectivity index (χ0n) is 11.0. The number of aryl methyl sites for hydroxylation is 3. The van der Waals surface area contributed by atoms with Gasteiger partial charge in [0.1, 0.15) is 11.5 Å². The van der Waals surface area contributed by atoms with E-state index in [4.69, 9.17) is 0 Å². The molecule has 4 nitrogen and oxygen atoms in total. The number of aromatic nitrogens is 2. The van der Waals surface area contributed by atoms with Gasteiger partial charge in [-0.3, -0.25) is 0 Å². The van der Waals surface area contributed by atoms with Gasteiger partial charge in [-0.25, -0.2) is 9.78 Å². The van der Waals surface area contributed by atoms with E-state index in [0.29, 0.717) is 11.5 Å². The molecule has 0 aliphatic rings. The van der Waals surface area contributed by atoms with Crippen molar-refractivity contribution in [2.75, 3.05) is 7.11 Å². The third-order valence-corrected chi connectivity index (χ3v) is 3.08. The Bertz CT molecular complexity index is 600. The van der Waals surface area contributed by atoms with E-state index in [1.165, 1.54) is 24.4 Å². The lowest BCUT2D eigenvalue weighted by atomic mass is 10.0. The number of carbonyl (C=O) groups is 1. The van der Waals surface area contributed by atoms with Crippen molar-refractivity contribution in [1.82, 2.24) is 9.97 Å². The fourth-order valence-corrected chi connectivity index (χ4v) is 1.89. The standard InChI is InChI=1S/C14H16N2O2/c1-8-5-10(3)11(6-9(8)2)13-15-7-12(16-13)14(17)18-4/h5-7H,1-4H3,(H,15,16). The third kappa shape index (κ3) is 2.14. The van der Waals surface area contributed by atoms with Gasteiger partial charge < -0.3 is 9.72 Å². The summed E-state index contributed by atoms with van der Waals surface area (Å²) in [5, 5.41) is 0. The molecule has 0 atom stereocenters. The maximum absolute atomic E-state index is 11.4. The predicted molar refractivity (Wildman–Crippen MR) is 69.6 cm³/mol. The van der Waals surface area contributed by atoms with Crippen molar-refractivity contribution in [3.63, 3.8) is 0 Å². The number of benzene rings is 1. The SMILES string of the molecule is COC(=O)c1cnc(-c2cc(C)c(C)cc2C)[nH]1. The number of esters is 1. The van der Waals surface area contributed by atoms with Crippen molar-refractivity contribution >= 4 is 5.97 Å². The zero-order chi connectivity index (χ0) is 13.3. The molecule has 0 amide bonds. The predicted octanol–water partition coefficient (Wildman–Crippen LogP) is 2.79. The van der Waals surface area contributed by atoms with Gasteiger partial charge >= 0.3 is 5.97 Å². The van der Waals surface area contributed by atoms with E-state index in [0.717, 1.165) is 11.1 Å². The number of carbonyl (C=O) groups excluding carboxylic acids is 1. The van der Waals surface area contributed by atoms with Crippen molar-refractivity contribution in [3.8, 4) is 11.4 Å². The van der Waals surface area contributed by atoms with Crippen molar-refractivity contribution in [2.45, 2.75) is 20.8 Å². The summed E-state index contributed by atoms with van der Waals surface area (Å²) in [5.74, 6) is 0.284. The number of aromatic amines is 1. The van der Waals surface area contributed by atoms with Crippen LogP contribution >= 0.6 is 0 Å². The summed E-state index contributed by atoms with van der Waals surface area (Å²) in [7, 11) is 1.35. The number of nitrogens with zero attached hydrogens (tertiary/aromatic N) is 1. The minimum absolute atomic E-state index is 0.366. The van der Waals surface area contributed by atoms with Crippen LogP contribution in [-0.2, 0) is 4.74 Å². The molecular weight excluding hydrogens is 228 g/mol. The van der Waals surface area contributed by atoms with E-state index in [2.05, 4.69) is 40.7 Å². The Labute approximate surface area is 106 Å². The van der Waals surface area contributed by atoms with E-state index in [1.54, 1.807) is 0 Å². The largest absolute Gasteiger partial charge is 0.464 e. The Morgan fingerprint density at radius 2 is 1.83 bits per heavy atom. The highest BCUT2D eigenvalue weighted by atomic mass is 16.5. The first-order valence-electron chi connectivity index (χ1n) is 5.74. The maximum Gasteiger partial charge on any atom is 0.356 e. The first kappa shape index (κ1) is 12.4. The zero-order valence-corrected chi connectivity index (χ0v) is 11.0. The molecule has 0 radical (unpaired) electrons. The molecule has 0 saturated heterocycles. The van der Waals surface area contributed by atoms with Gasteiger partial charge in [-0.15, -0.1) is 0 Å². The molecule has 94 valence electrons. The van der Waals surface area contributed by atoms with Crippen LogP contribution in [-0.4, -0.2) is 23.0 Å². The molecule has 4 heteroatoms. The van der Waals surface area contributed by atoms with E-state index >= 15 is 0 Å². The Kier molecular flexibility index (Phi) is 3.19. The first-order valence-corrected chi connectivity index (χ1v) is 5.74. The highest BCUT2D eigenvalue weighted by molar-refractivity contribution is 5.87. The summed E-state index contributed by atoms with van der Waals surface area (Å²) in [6.07, 6.45) is 1.50. The van der Waals surface area contributed by atoms with Gasteiger partial charge in [-0.05, 0) is 43.5 Å². The van der Waals surface area contributed by atoms with Crippen molar-refractivity contribution in [2.24, 2.45) is 0 Å². The number of hydrogen-bond acceptors (Lipinski definition) is 3. The monoisotopic (exact) mass is 244 g/mol. The van der Waals surface area contributed by atoms with Crippen LogP contribution in [0.5, 0.6) is 0 Å². The Morgan fingerprint density at radius 3 is 2.50 bits per heavy atom. The number of rotatable bonds is 2. The van der Waals surface area contributed by atoms with Crippen LogP contribution in [0.2, 0.25) is 0 Å². The number of H-pyrrole nitrogens is 1. The van der Waals surface area contributed by atoms with E-state index in [9.17, 15) is 4.79 Å². The molecule has 0 spiro atoms. The number of methoxy groups -OCH3 is 1. The number of nitrogens with one attached hydrogen (secondary N) is 1. The molecular formula is C14H16N2O2. The van der Waals surface area contributed by atoms with E-state index in [-0.39, 0.29) is 0 Å². The van der Waals surface area contributed by atoms with Crippen LogP contribution in [0.25, 0.3) is 11.4 Å². The highest BCUT2D eigenvalue weighted by Gasteiger charge is 2.12. The van der Waals surface area contributed by atoms with Gasteiger partial charge in [0.15, 0.2) is 0 Å². The Hall–Kier alpha value is -2.10. The number of hydrogen-bond donors (Lipinski definition) is 1. The average molecular weight is 244 g/mol. The fourth-order valence-electron chi connectivity index (χ4n) is 1.89. The Balaban J connectivity index is 2.46. The van der Waals surface area contributed by atoms with Crippen molar-refractivity contribution in [1.29, 1.82) is 0 Å². The van der Waals surface area contributed by atoms with Gasteiger partial charge in [0.05, 0.1) is 13.3 Å². The summed E-state index contributed by atoms with van der Waals surface area (Å²) in [6.45, 7) is 6.17. The second kappa shape index (κ2) is 4.64. The first-order chi connectivity index (χ1) is 8.52. The second-order valence-electron chi connectivity index (χ2n) is 4.39. The van der Waals surface area contributed by atoms with Crippen LogP contribution in [0.4, 0.5) is 0 Å². The fraction of sp³-hybridized carbons (Fsp3) is 0.286. The summed E-state index contributed by atoms with van der Waals surface area (Å²) >= 11 is 0. The van der Waals surface area contributed by atoms with Gasteiger partial charge in [0.25, 0.3) is 0 Å². The molecule has 0 saturated carbocycles. The summed E-state index contributed by atoms with van der Waals surface area (Å²) in [6, 6.07) is 4.19. The minimum Gasteiger partial charge on any atom is -0.464 e. The van der Waals surface area contributed by atoms with Gasteiger partial charge in [0.2, 0.25) is 0 Å². The lowest BCUT2D eigenvalue weighted by Gasteiger charge is -2.07. The van der Waals surface area contributed by atoms with E-state index in [1.807, 2.05) is 6.92 Å².